The summed E-state index contributed by atoms with van der Waals surface area (Å²) in [5.41, 5.74) is -0.481. The van der Waals surface area contributed by atoms with E-state index in [4.69, 9.17) is 4.52 Å². The van der Waals surface area contributed by atoms with Crippen molar-refractivity contribution >= 4 is 21.6 Å². The van der Waals surface area contributed by atoms with Crippen LogP contribution in [0.2, 0.25) is 0 Å². The van der Waals surface area contributed by atoms with Crippen LogP contribution in [0.5, 0.6) is 0 Å². The van der Waals surface area contributed by atoms with Crippen molar-refractivity contribution in [1.29, 1.82) is 0 Å². The first-order valence-electron chi connectivity index (χ1n) is 6.77. The second kappa shape index (κ2) is 6.65. The molecule has 0 radical (unpaired) electrons. The van der Waals surface area contributed by atoms with Crippen molar-refractivity contribution in [1.82, 2.24) is 9.46 Å². The lowest BCUT2D eigenvalue weighted by Crippen LogP contribution is -2.35. The maximum Gasteiger partial charge on any atom is 0.248 e. The largest absolute Gasteiger partial charge is 0.360 e. The average Bonchev–Trinajstić information content (AvgIpc) is 2.82. The van der Waals surface area contributed by atoms with Crippen LogP contribution in [0.15, 0.2) is 27.6 Å². The van der Waals surface area contributed by atoms with E-state index in [2.05, 4.69) is 5.16 Å². The van der Waals surface area contributed by atoms with E-state index in [-0.39, 0.29) is 16.3 Å². The van der Waals surface area contributed by atoms with Crippen LogP contribution in [-0.2, 0) is 14.8 Å². The Morgan fingerprint density at radius 1 is 1.29 bits per heavy atom. The fourth-order valence-corrected chi connectivity index (χ4v) is 3.49. The molecule has 1 amide bonds. The van der Waals surface area contributed by atoms with Gasteiger partial charge in [-0.25, -0.2) is 17.2 Å². The number of aryl methyl sites for hydroxylation is 2. The molecule has 0 unspecified atom stereocenters. The molecule has 2 aromatic rings. The molecule has 0 saturated carbocycles. The third-order valence-electron chi connectivity index (χ3n) is 3.23. The van der Waals surface area contributed by atoms with E-state index >= 15 is 0 Å². The molecule has 0 aliphatic carbocycles. The highest BCUT2D eigenvalue weighted by Gasteiger charge is 2.30. The highest BCUT2D eigenvalue weighted by Crippen LogP contribution is 2.22. The summed E-state index contributed by atoms with van der Waals surface area (Å²) in [5, 5.41) is 5.58. The van der Waals surface area contributed by atoms with Gasteiger partial charge in [-0.3, -0.25) is 4.79 Å². The van der Waals surface area contributed by atoms with Gasteiger partial charge in [0.05, 0.1) is 6.54 Å². The van der Waals surface area contributed by atoms with Gasteiger partial charge in [-0.1, -0.05) is 11.2 Å². The summed E-state index contributed by atoms with van der Waals surface area (Å²) in [6, 6.07) is 3.10. The zero-order valence-electron chi connectivity index (χ0n) is 13.1. The number of nitrogens with one attached hydrogen (secondary N) is 1. The van der Waals surface area contributed by atoms with Gasteiger partial charge in [-0.2, -0.15) is 4.31 Å². The van der Waals surface area contributed by atoms with Crippen molar-refractivity contribution in [2.75, 3.05) is 18.9 Å². The molecule has 130 valence electrons. The number of benzene rings is 1. The monoisotopic (exact) mass is 359 g/mol. The molecule has 1 aromatic carbocycles. The summed E-state index contributed by atoms with van der Waals surface area (Å²) in [5.74, 6) is -2.73. The van der Waals surface area contributed by atoms with Crippen LogP contribution in [0.3, 0.4) is 0 Å². The number of rotatable bonds is 5. The molecule has 7 nitrogen and oxygen atoms in total. The van der Waals surface area contributed by atoms with E-state index in [9.17, 15) is 22.0 Å². The van der Waals surface area contributed by atoms with Gasteiger partial charge < -0.3 is 9.84 Å². The van der Waals surface area contributed by atoms with Crippen LogP contribution in [0.4, 0.5) is 14.5 Å². The molecule has 24 heavy (non-hydrogen) atoms. The van der Waals surface area contributed by atoms with E-state index < -0.39 is 39.8 Å². The van der Waals surface area contributed by atoms with E-state index in [1.807, 2.05) is 5.32 Å². The SMILES string of the molecule is Cc1noc(C)c1S(=O)(=O)N(C)CC(=O)Nc1c(F)cccc1F. The molecule has 0 saturated heterocycles. The first-order chi connectivity index (χ1) is 11.1. The molecule has 1 N–H and O–H groups in total. The minimum Gasteiger partial charge on any atom is -0.360 e. The lowest BCUT2D eigenvalue weighted by molar-refractivity contribution is -0.116. The Bertz CT molecular complexity index is 840. The van der Waals surface area contributed by atoms with Gasteiger partial charge in [0.2, 0.25) is 15.9 Å². The number of nitrogens with zero attached hydrogens (tertiary/aromatic N) is 2. The van der Waals surface area contributed by atoms with Crippen LogP contribution in [0.25, 0.3) is 0 Å². The van der Waals surface area contributed by atoms with Crippen molar-refractivity contribution in [2.24, 2.45) is 0 Å². The molecule has 0 fully saturated rings. The quantitative estimate of drug-likeness (QED) is 0.879. The Morgan fingerprint density at radius 2 is 1.88 bits per heavy atom. The Morgan fingerprint density at radius 3 is 2.38 bits per heavy atom. The smallest absolute Gasteiger partial charge is 0.248 e. The summed E-state index contributed by atoms with van der Waals surface area (Å²) in [6.07, 6.45) is 0. The molecule has 0 bridgehead atoms. The lowest BCUT2D eigenvalue weighted by Gasteiger charge is -2.16. The number of sulfonamides is 1. The Hall–Kier alpha value is -2.33. The molecule has 0 aliphatic rings. The lowest BCUT2D eigenvalue weighted by atomic mass is 10.3. The molecule has 1 aromatic heterocycles. The van der Waals surface area contributed by atoms with Gasteiger partial charge in [-0.05, 0) is 26.0 Å². The summed E-state index contributed by atoms with van der Waals surface area (Å²) < 4.78 is 57.5. The molecular formula is C14H15F2N3O4S. The number of carbonyl (C=O) groups is 1. The van der Waals surface area contributed by atoms with Crippen molar-refractivity contribution in [3.8, 4) is 0 Å². The Kier molecular flexibility index (Phi) is 4.99. The van der Waals surface area contributed by atoms with Gasteiger partial charge in [-0.15, -0.1) is 0 Å². The number of halogens is 2. The third kappa shape index (κ3) is 3.44. The van der Waals surface area contributed by atoms with Crippen LogP contribution in [0, 0.1) is 25.5 Å². The highest BCUT2D eigenvalue weighted by molar-refractivity contribution is 7.89. The van der Waals surface area contributed by atoms with Crippen molar-refractivity contribution in [2.45, 2.75) is 18.7 Å². The van der Waals surface area contributed by atoms with Crippen LogP contribution >= 0.6 is 0 Å². The van der Waals surface area contributed by atoms with Gasteiger partial charge in [0.25, 0.3) is 0 Å². The maximum atomic E-state index is 13.5. The van der Waals surface area contributed by atoms with Crippen molar-refractivity contribution < 1.29 is 26.5 Å². The maximum absolute atomic E-state index is 13.5. The van der Waals surface area contributed by atoms with E-state index in [0.29, 0.717) is 0 Å². The summed E-state index contributed by atoms with van der Waals surface area (Å²) in [7, 11) is -2.87. The molecule has 2 rings (SSSR count). The van der Waals surface area contributed by atoms with Crippen molar-refractivity contribution in [3.63, 3.8) is 0 Å². The number of aromatic nitrogens is 1. The van der Waals surface area contributed by atoms with Crippen LogP contribution < -0.4 is 5.32 Å². The second-order valence-corrected chi connectivity index (χ2v) is 7.04. The molecular weight excluding hydrogens is 344 g/mol. The zero-order chi connectivity index (χ0) is 18.1. The Balaban J connectivity index is 2.17. The summed E-state index contributed by atoms with van der Waals surface area (Å²) in [4.78, 5) is 11.8. The molecule has 0 spiro atoms. The second-order valence-electron chi connectivity index (χ2n) is 5.06. The third-order valence-corrected chi connectivity index (χ3v) is 5.28. The minimum absolute atomic E-state index is 0.0832. The number of anilines is 1. The summed E-state index contributed by atoms with van der Waals surface area (Å²) >= 11 is 0. The van der Waals surface area contributed by atoms with E-state index in [1.165, 1.54) is 20.9 Å². The minimum atomic E-state index is -4.04. The number of likely N-dealkylation sites (N-methyl/N-ethyl adjacent to an activating group) is 1. The normalized spacial score (nSPS) is 11.8. The van der Waals surface area contributed by atoms with Gasteiger partial charge in [0.1, 0.15) is 27.9 Å². The van der Waals surface area contributed by atoms with Gasteiger partial charge >= 0.3 is 0 Å². The number of amides is 1. The fraction of sp³-hybridized carbons (Fsp3) is 0.286. The molecule has 0 aliphatic heterocycles. The molecule has 10 heteroatoms. The van der Waals surface area contributed by atoms with Crippen molar-refractivity contribution in [3.05, 3.63) is 41.3 Å². The first-order valence-corrected chi connectivity index (χ1v) is 8.21. The Labute approximate surface area is 137 Å². The predicted molar refractivity (Wildman–Crippen MR) is 80.8 cm³/mol. The van der Waals surface area contributed by atoms with Crippen LogP contribution in [-0.4, -0.2) is 37.4 Å². The predicted octanol–water partition coefficient (Wildman–Crippen LogP) is 1.83. The zero-order valence-corrected chi connectivity index (χ0v) is 13.9. The van der Waals surface area contributed by atoms with Crippen LogP contribution in [0.1, 0.15) is 11.5 Å². The van der Waals surface area contributed by atoms with E-state index in [1.54, 1.807) is 0 Å². The molecule has 0 atom stereocenters. The van der Waals surface area contributed by atoms with Gasteiger partial charge in [0.15, 0.2) is 5.76 Å². The average molecular weight is 359 g/mol. The molecule has 1 heterocycles. The highest BCUT2D eigenvalue weighted by atomic mass is 32.2. The number of hydrogen-bond acceptors (Lipinski definition) is 5. The topological polar surface area (TPSA) is 92.5 Å². The fourth-order valence-electron chi connectivity index (χ4n) is 2.08. The summed E-state index contributed by atoms with van der Waals surface area (Å²) in [6.45, 7) is 2.24. The first kappa shape index (κ1) is 18.0. The number of carbonyl (C=O) groups excluding carboxylic acids is 1. The standard InChI is InChI=1S/C14H15F2N3O4S/c1-8-14(9(2)23-18-8)24(21,22)19(3)7-12(20)17-13-10(15)5-4-6-11(13)16/h4-6H,7H2,1-3H3,(H,17,20). The van der Waals surface area contributed by atoms with Gasteiger partial charge in [0, 0.05) is 7.05 Å². The number of hydrogen-bond donors (Lipinski definition) is 1. The number of para-hydroxylation sites is 1. The van der Waals surface area contributed by atoms with E-state index in [0.717, 1.165) is 22.5 Å².